The third-order valence-corrected chi connectivity index (χ3v) is 8.31. The molecular weight excluding hydrogens is 616 g/mol. The largest absolute Gasteiger partial charge is 0.504 e. The molecule has 11 heteroatoms. The van der Waals surface area contributed by atoms with E-state index in [4.69, 9.17) is 29.4 Å². The first-order chi connectivity index (χ1) is 23.0. The van der Waals surface area contributed by atoms with Gasteiger partial charge in [-0.05, 0) is 78.1 Å². The Morgan fingerprint density at radius 3 is 2.23 bits per heavy atom. The second-order valence-corrected chi connectivity index (χ2v) is 12.1. The van der Waals surface area contributed by atoms with Crippen LogP contribution < -0.4 is 30.0 Å². The summed E-state index contributed by atoms with van der Waals surface area (Å²) in [5.74, 6) is 0.216. The summed E-state index contributed by atoms with van der Waals surface area (Å²) in [5.41, 5.74) is 9.91. The van der Waals surface area contributed by atoms with Gasteiger partial charge in [-0.2, -0.15) is 0 Å². The van der Waals surface area contributed by atoms with Gasteiger partial charge in [-0.25, -0.2) is 4.79 Å². The predicted molar refractivity (Wildman–Crippen MR) is 182 cm³/mol. The van der Waals surface area contributed by atoms with Crippen LogP contribution in [0.3, 0.4) is 0 Å². The van der Waals surface area contributed by atoms with Crippen molar-refractivity contribution in [2.24, 2.45) is 11.7 Å². The van der Waals surface area contributed by atoms with Crippen molar-refractivity contribution < 1.29 is 43.5 Å². The molecule has 1 amide bonds. The molecule has 0 bridgehead atoms. The first-order valence-electron chi connectivity index (χ1n) is 15.9. The van der Waals surface area contributed by atoms with Gasteiger partial charge in [0.15, 0.2) is 23.0 Å². The quantitative estimate of drug-likeness (QED) is 0.185. The van der Waals surface area contributed by atoms with E-state index < -0.39 is 36.2 Å². The molecule has 0 spiro atoms. The molecule has 1 aliphatic rings. The molecule has 11 nitrogen and oxygen atoms in total. The van der Waals surface area contributed by atoms with E-state index in [1.165, 1.54) is 21.3 Å². The Hall–Kier alpha value is -4.74. The van der Waals surface area contributed by atoms with Gasteiger partial charge in [0.05, 0.1) is 28.4 Å². The fraction of sp³-hybridized carbons (Fsp3) is 0.405. The topological polar surface area (TPSA) is 159 Å². The number of rotatable bonds is 14. The number of aliphatic hydroxyl groups is 1. The van der Waals surface area contributed by atoms with Gasteiger partial charge in [0.1, 0.15) is 18.2 Å². The number of carbonyl (C=O) groups excluding carboxylic acids is 2. The second kappa shape index (κ2) is 16.4. The van der Waals surface area contributed by atoms with Crippen molar-refractivity contribution in [2.45, 2.75) is 63.8 Å². The number of benzene rings is 3. The van der Waals surface area contributed by atoms with Crippen LogP contribution >= 0.6 is 0 Å². The third kappa shape index (κ3) is 8.39. The van der Waals surface area contributed by atoms with Crippen LogP contribution in [0.4, 0.5) is 0 Å². The molecule has 0 saturated heterocycles. The van der Waals surface area contributed by atoms with Gasteiger partial charge in [-0.1, -0.05) is 50.2 Å². The molecule has 0 radical (unpaired) electrons. The van der Waals surface area contributed by atoms with Gasteiger partial charge in [-0.15, -0.1) is 0 Å². The highest BCUT2D eigenvalue weighted by Gasteiger charge is 2.32. The molecule has 0 aliphatic heterocycles. The molecule has 0 fully saturated rings. The van der Waals surface area contributed by atoms with Gasteiger partial charge >= 0.3 is 5.97 Å². The number of phenols is 1. The lowest BCUT2D eigenvalue weighted by Crippen LogP contribution is -2.52. The van der Waals surface area contributed by atoms with Crippen LogP contribution in [0.2, 0.25) is 0 Å². The summed E-state index contributed by atoms with van der Waals surface area (Å²) in [4.78, 5) is 26.9. The third-order valence-electron chi connectivity index (χ3n) is 8.31. The lowest BCUT2D eigenvalue weighted by molar-refractivity contribution is -0.152. The van der Waals surface area contributed by atoms with Crippen LogP contribution in [-0.4, -0.2) is 74.8 Å². The molecule has 3 unspecified atom stereocenters. The fourth-order valence-corrected chi connectivity index (χ4v) is 5.92. The van der Waals surface area contributed by atoms with Crippen LogP contribution in [0.1, 0.15) is 48.9 Å². The van der Waals surface area contributed by atoms with Gasteiger partial charge in [0, 0.05) is 11.6 Å². The molecule has 0 heterocycles. The monoisotopic (exact) mass is 662 g/mol. The number of esters is 1. The SMILES string of the molecule is COc1ccc(C2=C[C@H](OC(=O)C(CC(C)C)NC(=O)C(O)C(N)Cc3ccccc3)CCc3c2cc(OC)c(OC)c3OC)cc1O. The van der Waals surface area contributed by atoms with E-state index in [1.807, 2.05) is 56.3 Å². The number of fused-ring (bicyclic) bond motifs is 1. The Bertz CT molecular complexity index is 1610. The number of hydrogen-bond donors (Lipinski definition) is 4. The van der Waals surface area contributed by atoms with Crippen molar-refractivity contribution in [1.29, 1.82) is 0 Å². The lowest BCUT2D eigenvalue weighted by Gasteiger charge is -2.25. The summed E-state index contributed by atoms with van der Waals surface area (Å²) >= 11 is 0. The molecule has 48 heavy (non-hydrogen) atoms. The van der Waals surface area contributed by atoms with Crippen LogP contribution in [0.5, 0.6) is 28.7 Å². The number of methoxy groups -OCH3 is 4. The smallest absolute Gasteiger partial charge is 0.329 e. The molecule has 5 N–H and O–H groups in total. The van der Waals surface area contributed by atoms with Crippen LogP contribution in [-0.2, 0) is 27.2 Å². The predicted octanol–water partition coefficient (Wildman–Crippen LogP) is 4.18. The Morgan fingerprint density at radius 1 is 0.938 bits per heavy atom. The number of ether oxygens (including phenoxy) is 5. The summed E-state index contributed by atoms with van der Waals surface area (Å²) in [5, 5.41) is 24.1. The number of amides is 1. The number of nitrogens with two attached hydrogens (primary N) is 1. The van der Waals surface area contributed by atoms with Crippen LogP contribution in [0, 0.1) is 5.92 Å². The van der Waals surface area contributed by atoms with E-state index in [0.29, 0.717) is 47.0 Å². The zero-order valence-corrected chi connectivity index (χ0v) is 28.3. The average Bonchev–Trinajstić information content (AvgIpc) is 3.25. The summed E-state index contributed by atoms with van der Waals surface area (Å²) in [6.45, 7) is 3.85. The van der Waals surface area contributed by atoms with E-state index in [9.17, 15) is 19.8 Å². The molecule has 3 aromatic rings. The number of phenolic OH excluding ortho intramolecular Hbond substituents is 1. The molecule has 0 aromatic heterocycles. The maximum absolute atomic E-state index is 13.8. The zero-order valence-electron chi connectivity index (χ0n) is 28.3. The Balaban J connectivity index is 1.65. The number of nitrogens with one attached hydrogen (secondary N) is 1. The van der Waals surface area contributed by atoms with E-state index in [-0.39, 0.29) is 24.5 Å². The van der Waals surface area contributed by atoms with E-state index in [0.717, 1.165) is 16.7 Å². The molecule has 4 atom stereocenters. The van der Waals surface area contributed by atoms with Crippen molar-refractivity contribution in [3.8, 4) is 28.7 Å². The molecule has 3 aromatic carbocycles. The van der Waals surface area contributed by atoms with Crippen molar-refractivity contribution in [3.63, 3.8) is 0 Å². The van der Waals surface area contributed by atoms with Gasteiger partial charge in [0.25, 0.3) is 5.91 Å². The minimum Gasteiger partial charge on any atom is -0.504 e. The number of hydrogen-bond acceptors (Lipinski definition) is 10. The lowest BCUT2D eigenvalue weighted by atomic mass is 9.92. The average molecular weight is 663 g/mol. The van der Waals surface area contributed by atoms with Crippen LogP contribution in [0.15, 0.2) is 60.7 Å². The van der Waals surface area contributed by atoms with Gasteiger partial charge in [-0.3, -0.25) is 4.79 Å². The summed E-state index contributed by atoms with van der Waals surface area (Å²) < 4.78 is 28.4. The van der Waals surface area contributed by atoms with Crippen molar-refractivity contribution in [1.82, 2.24) is 5.32 Å². The first-order valence-corrected chi connectivity index (χ1v) is 15.9. The van der Waals surface area contributed by atoms with E-state index in [2.05, 4.69) is 5.32 Å². The van der Waals surface area contributed by atoms with Crippen molar-refractivity contribution in [3.05, 3.63) is 82.9 Å². The highest BCUT2D eigenvalue weighted by molar-refractivity contribution is 5.88. The van der Waals surface area contributed by atoms with E-state index in [1.54, 1.807) is 25.3 Å². The maximum Gasteiger partial charge on any atom is 0.329 e. The van der Waals surface area contributed by atoms with Crippen molar-refractivity contribution >= 4 is 17.4 Å². The van der Waals surface area contributed by atoms with Crippen molar-refractivity contribution in [2.75, 3.05) is 28.4 Å². The summed E-state index contributed by atoms with van der Waals surface area (Å²) in [6, 6.07) is 14.3. The normalized spacial score (nSPS) is 16.0. The minimum atomic E-state index is -1.54. The van der Waals surface area contributed by atoms with E-state index >= 15 is 0 Å². The molecular formula is C37H46N2O9. The molecule has 1 aliphatic carbocycles. The Morgan fingerprint density at radius 2 is 1.62 bits per heavy atom. The highest BCUT2D eigenvalue weighted by Crippen LogP contribution is 2.47. The summed E-state index contributed by atoms with van der Waals surface area (Å²) in [7, 11) is 6.07. The number of carbonyl (C=O) groups is 2. The number of aromatic hydroxyl groups is 1. The molecule has 0 saturated carbocycles. The molecule has 4 rings (SSSR count). The highest BCUT2D eigenvalue weighted by atomic mass is 16.5. The standard InChI is InChI=1S/C37H46N2O9/c1-21(2)16-29(39-36(42)33(41)28(38)17-22-10-8-7-9-11-22)37(43)48-24-13-14-25-27(20-32(45-4)35(47-6)34(25)46-5)26(19-24)23-12-15-31(44-3)30(40)18-23/h7-12,15,18-21,24,28-29,33,40-41H,13-14,16-17,38H2,1-6H3,(H,39,42)/t24-,28?,29?,33?/m1/s1. The van der Waals surface area contributed by atoms with Gasteiger partial charge < -0.3 is 44.9 Å². The maximum atomic E-state index is 13.8. The Labute approximate surface area is 281 Å². The van der Waals surface area contributed by atoms with Gasteiger partial charge in [0.2, 0.25) is 5.75 Å². The fourth-order valence-electron chi connectivity index (χ4n) is 5.92. The minimum absolute atomic E-state index is 0.0222. The first kappa shape index (κ1) is 36.1. The Kier molecular flexibility index (Phi) is 12.3. The second-order valence-electron chi connectivity index (χ2n) is 12.1. The summed E-state index contributed by atoms with van der Waals surface area (Å²) in [6.07, 6.45) is 0.925. The van der Waals surface area contributed by atoms with Crippen LogP contribution in [0.25, 0.3) is 5.57 Å². The number of aliphatic hydroxyl groups excluding tert-OH is 1. The molecule has 258 valence electrons. The zero-order chi connectivity index (χ0) is 35.0.